The molecule has 0 aliphatic carbocycles. The van der Waals surface area contributed by atoms with Gasteiger partial charge in [0.25, 0.3) is 0 Å². The van der Waals surface area contributed by atoms with Crippen LogP contribution in [0.25, 0.3) is 10.8 Å². The topological polar surface area (TPSA) is 3.88 Å². The molecule has 0 unspecified atom stereocenters. The fourth-order valence-electron chi connectivity index (χ4n) is 1.24. The number of rotatable bonds is 0. The van der Waals surface area contributed by atoms with Gasteiger partial charge >= 0.3 is 0 Å². The van der Waals surface area contributed by atoms with Gasteiger partial charge in [-0.25, -0.2) is 4.57 Å². The molecule has 1 heterocycles. The molecule has 1 aromatic heterocycles. The molecule has 0 bridgehead atoms. The van der Waals surface area contributed by atoms with Crippen LogP contribution in [0.4, 0.5) is 0 Å². The third kappa shape index (κ3) is 2.84. The first-order chi connectivity index (χ1) is 6.36. The largest absolute Gasteiger partial charge is 0.207 e. The van der Waals surface area contributed by atoms with Gasteiger partial charge in [-0.2, -0.15) is 0 Å². The van der Waals surface area contributed by atoms with Crippen LogP contribution in [0, 0.1) is 0 Å². The van der Waals surface area contributed by atoms with Gasteiger partial charge in [0.1, 0.15) is 7.05 Å². The molecule has 0 fully saturated rings. The summed E-state index contributed by atoms with van der Waals surface area (Å²) in [6.07, 6.45) is 4.18. The van der Waals surface area contributed by atoms with Gasteiger partial charge in [0, 0.05) is 11.5 Å². The zero-order valence-electron chi connectivity index (χ0n) is 8.49. The standard InChI is InChI=1S/C10H10N.C2H6.CH4/c1-11-7-6-9-4-2-3-5-10(9)8-11;1-2;/h2-8H,1H3;1-2H3;1H4/q+1;;. The highest BCUT2D eigenvalue weighted by Gasteiger charge is 1.94. The lowest BCUT2D eigenvalue weighted by Gasteiger charge is -1.92. The minimum absolute atomic E-state index is 0. The van der Waals surface area contributed by atoms with Crippen LogP contribution in [0.5, 0.6) is 0 Å². The minimum Gasteiger partial charge on any atom is -0.207 e. The van der Waals surface area contributed by atoms with Crippen LogP contribution in [-0.4, -0.2) is 0 Å². The number of pyridine rings is 1. The molecule has 0 saturated carbocycles. The fraction of sp³-hybridized carbons (Fsp3) is 0.308. The van der Waals surface area contributed by atoms with E-state index in [0.29, 0.717) is 0 Å². The van der Waals surface area contributed by atoms with Crippen molar-refractivity contribution in [3.8, 4) is 0 Å². The first kappa shape index (κ1) is 12.6. The lowest BCUT2D eigenvalue weighted by molar-refractivity contribution is -0.670. The summed E-state index contributed by atoms with van der Waals surface area (Å²) in [4.78, 5) is 0. The van der Waals surface area contributed by atoms with E-state index in [4.69, 9.17) is 0 Å². The van der Waals surface area contributed by atoms with E-state index in [1.807, 2.05) is 20.9 Å². The van der Waals surface area contributed by atoms with Gasteiger partial charge < -0.3 is 0 Å². The summed E-state index contributed by atoms with van der Waals surface area (Å²) >= 11 is 0. The van der Waals surface area contributed by atoms with Gasteiger partial charge in [-0.1, -0.05) is 39.5 Å². The Labute approximate surface area is 87.0 Å². The van der Waals surface area contributed by atoms with Crippen LogP contribution in [0.3, 0.4) is 0 Å². The van der Waals surface area contributed by atoms with E-state index in [1.165, 1.54) is 10.8 Å². The van der Waals surface area contributed by atoms with Crippen molar-refractivity contribution >= 4 is 10.8 Å². The van der Waals surface area contributed by atoms with Crippen molar-refractivity contribution < 1.29 is 4.57 Å². The Morgan fingerprint density at radius 2 is 1.50 bits per heavy atom. The highest BCUT2D eigenvalue weighted by molar-refractivity contribution is 5.80. The Morgan fingerprint density at radius 1 is 0.929 bits per heavy atom. The lowest BCUT2D eigenvalue weighted by atomic mass is 10.2. The monoisotopic (exact) mass is 190 g/mol. The number of aromatic nitrogens is 1. The second-order valence-electron chi connectivity index (χ2n) is 2.74. The second kappa shape index (κ2) is 6.14. The molecule has 1 nitrogen and oxygen atoms in total. The van der Waals surface area contributed by atoms with Crippen LogP contribution in [0.2, 0.25) is 0 Å². The van der Waals surface area contributed by atoms with E-state index in [1.54, 1.807) is 0 Å². The lowest BCUT2D eigenvalue weighted by Crippen LogP contribution is -2.25. The maximum absolute atomic E-state index is 2.12. The first-order valence-electron chi connectivity index (χ1n) is 4.70. The quantitative estimate of drug-likeness (QED) is 0.561. The maximum Gasteiger partial charge on any atom is 0.176 e. The van der Waals surface area contributed by atoms with Crippen molar-refractivity contribution in [3.63, 3.8) is 0 Å². The number of hydrogen-bond donors (Lipinski definition) is 0. The predicted molar refractivity (Wildman–Crippen MR) is 63.2 cm³/mol. The molecule has 14 heavy (non-hydrogen) atoms. The zero-order chi connectivity index (χ0) is 9.68. The molecule has 0 atom stereocenters. The Morgan fingerprint density at radius 3 is 2.14 bits per heavy atom. The van der Waals surface area contributed by atoms with E-state index < -0.39 is 0 Å². The molecular formula is C13H20N+. The van der Waals surface area contributed by atoms with E-state index >= 15 is 0 Å². The van der Waals surface area contributed by atoms with Gasteiger partial charge in [-0.05, 0) is 11.5 Å². The number of hydrogen-bond acceptors (Lipinski definition) is 0. The summed E-state index contributed by atoms with van der Waals surface area (Å²) in [6.45, 7) is 4.00. The zero-order valence-corrected chi connectivity index (χ0v) is 8.49. The number of nitrogens with zero attached hydrogens (tertiary/aromatic N) is 1. The minimum atomic E-state index is 0. The number of aryl methyl sites for hydroxylation is 1. The molecule has 0 N–H and O–H groups in total. The van der Waals surface area contributed by atoms with Crippen LogP contribution in [0.15, 0.2) is 42.7 Å². The summed E-state index contributed by atoms with van der Waals surface area (Å²) in [7, 11) is 2.03. The van der Waals surface area contributed by atoms with Crippen LogP contribution in [-0.2, 0) is 7.05 Å². The van der Waals surface area contributed by atoms with E-state index in [9.17, 15) is 0 Å². The normalized spacial score (nSPS) is 8.50. The van der Waals surface area contributed by atoms with Crippen molar-refractivity contribution in [2.75, 3.05) is 0 Å². The molecular weight excluding hydrogens is 170 g/mol. The SMILES string of the molecule is C.CC.C[n+]1ccc2ccccc2c1. The van der Waals surface area contributed by atoms with Crippen LogP contribution >= 0.6 is 0 Å². The summed E-state index contributed by atoms with van der Waals surface area (Å²) in [5.41, 5.74) is 0. The molecule has 1 aromatic carbocycles. The van der Waals surface area contributed by atoms with Crippen molar-refractivity contribution in [2.24, 2.45) is 7.05 Å². The van der Waals surface area contributed by atoms with E-state index in [-0.39, 0.29) is 7.43 Å². The fourth-order valence-corrected chi connectivity index (χ4v) is 1.24. The van der Waals surface area contributed by atoms with E-state index in [0.717, 1.165) is 0 Å². The summed E-state index contributed by atoms with van der Waals surface area (Å²) in [5, 5.41) is 2.59. The predicted octanol–water partition coefficient (Wildman–Crippen LogP) is 3.33. The van der Waals surface area contributed by atoms with Crippen molar-refractivity contribution in [2.45, 2.75) is 21.3 Å². The third-order valence-electron chi connectivity index (χ3n) is 1.83. The van der Waals surface area contributed by atoms with Crippen molar-refractivity contribution in [1.29, 1.82) is 0 Å². The van der Waals surface area contributed by atoms with Crippen molar-refractivity contribution in [3.05, 3.63) is 42.7 Å². The molecule has 2 rings (SSSR count). The Balaban J connectivity index is 0.000000531. The van der Waals surface area contributed by atoms with Gasteiger partial charge in [0.2, 0.25) is 0 Å². The molecule has 0 amide bonds. The van der Waals surface area contributed by atoms with Crippen LogP contribution in [0.1, 0.15) is 21.3 Å². The molecule has 0 aliphatic heterocycles. The van der Waals surface area contributed by atoms with Crippen molar-refractivity contribution in [1.82, 2.24) is 0 Å². The molecule has 0 spiro atoms. The van der Waals surface area contributed by atoms with Gasteiger partial charge in [0.15, 0.2) is 12.4 Å². The first-order valence-corrected chi connectivity index (χ1v) is 4.70. The average molecular weight is 190 g/mol. The van der Waals surface area contributed by atoms with Gasteiger partial charge in [-0.3, -0.25) is 0 Å². The average Bonchev–Trinajstić information content (AvgIpc) is 2.21. The van der Waals surface area contributed by atoms with Crippen LogP contribution < -0.4 is 4.57 Å². The number of fused-ring (bicyclic) bond motifs is 1. The molecule has 2 aromatic rings. The Bertz CT molecular complexity index is 380. The summed E-state index contributed by atoms with van der Waals surface area (Å²) in [5.74, 6) is 0. The van der Waals surface area contributed by atoms with Gasteiger partial charge in [-0.15, -0.1) is 0 Å². The summed E-state index contributed by atoms with van der Waals surface area (Å²) < 4.78 is 2.06. The Hall–Kier alpha value is -1.37. The molecule has 0 saturated heterocycles. The Kier molecular flexibility index (Phi) is 5.54. The van der Waals surface area contributed by atoms with E-state index in [2.05, 4.69) is 47.3 Å². The molecule has 0 aliphatic rings. The second-order valence-corrected chi connectivity index (χ2v) is 2.74. The highest BCUT2D eigenvalue weighted by Crippen LogP contribution is 2.08. The smallest absolute Gasteiger partial charge is 0.176 e. The summed E-state index contributed by atoms with van der Waals surface area (Å²) in [6, 6.07) is 10.5. The molecule has 1 heteroatoms. The molecule has 76 valence electrons. The third-order valence-corrected chi connectivity index (χ3v) is 1.83. The maximum atomic E-state index is 2.12. The van der Waals surface area contributed by atoms with Gasteiger partial charge in [0.05, 0.1) is 0 Å². The highest BCUT2D eigenvalue weighted by atomic mass is 14.9. The molecule has 0 radical (unpaired) electrons. The number of benzene rings is 1.